The number of hydrogen-bond acceptors (Lipinski definition) is 3. The first-order valence-corrected chi connectivity index (χ1v) is 7.02. The number of rotatable bonds is 8. The van der Waals surface area contributed by atoms with Gasteiger partial charge in [-0.15, -0.1) is 0 Å². The second kappa shape index (κ2) is 7.29. The van der Waals surface area contributed by atoms with E-state index in [1.54, 1.807) is 7.11 Å². The Balaban J connectivity index is 2.79. The lowest BCUT2D eigenvalue weighted by atomic mass is 9.83. The van der Waals surface area contributed by atoms with Crippen LogP contribution in [0.4, 0.5) is 0 Å². The Bertz CT molecular complexity index is 421. The van der Waals surface area contributed by atoms with Gasteiger partial charge in [0, 0.05) is 0 Å². The summed E-state index contributed by atoms with van der Waals surface area (Å²) in [6.07, 6.45) is 1.83. The van der Waals surface area contributed by atoms with Crippen molar-refractivity contribution in [3.63, 3.8) is 0 Å². The van der Waals surface area contributed by atoms with E-state index in [1.807, 2.05) is 38.1 Å². The van der Waals surface area contributed by atoms with Gasteiger partial charge in [-0.2, -0.15) is 0 Å². The molecule has 4 heteroatoms. The third kappa shape index (κ3) is 4.53. The van der Waals surface area contributed by atoms with Gasteiger partial charge in [0.25, 0.3) is 0 Å². The van der Waals surface area contributed by atoms with Crippen LogP contribution < -0.4 is 4.74 Å². The van der Waals surface area contributed by atoms with E-state index in [1.165, 1.54) is 0 Å². The first-order chi connectivity index (χ1) is 9.44. The number of benzene rings is 1. The monoisotopic (exact) mass is 280 g/mol. The minimum absolute atomic E-state index is 0.279. The lowest BCUT2D eigenvalue weighted by Gasteiger charge is -2.28. The standard InChI is InChI=1S/C16H24O4/c1-4-16(19,5-2)11-13(15(17)18)10-12-6-8-14(20-3)9-7-12/h6-9,13,19H,4-5,10-11H2,1-3H3,(H,17,18). The smallest absolute Gasteiger partial charge is 0.306 e. The molecule has 0 fully saturated rings. The maximum absolute atomic E-state index is 11.4. The Morgan fingerprint density at radius 3 is 2.20 bits per heavy atom. The van der Waals surface area contributed by atoms with E-state index in [0.29, 0.717) is 19.3 Å². The van der Waals surface area contributed by atoms with Gasteiger partial charge in [0.2, 0.25) is 0 Å². The van der Waals surface area contributed by atoms with Crippen LogP contribution in [-0.2, 0) is 11.2 Å². The molecule has 0 saturated carbocycles. The molecule has 1 aromatic carbocycles. The van der Waals surface area contributed by atoms with Crippen molar-refractivity contribution in [3.05, 3.63) is 29.8 Å². The Morgan fingerprint density at radius 2 is 1.80 bits per heavy atom. The SMILES string of the molecule is CCC(O)(CC)CC(Cc1ccc(OC)cc1)C(=O)O. The molecule has 0 aliphatic heterocycles. The normalized spacial score (nSPS) is 13.0. The summed E-state index contributed by atoms with van der Waals surface area (Å²) in [4.78, 5) is 11.4. The highest BCUT2D eigenvalue weighted by Crippen LogP contribution is 2.27. The van der Waals surface area contributed by atoms with E-state index in [9.17, 15) is 15.0 Å². The summed E-state index contributed by atoms with van der Waals surface area (Å²) in [5, 5.41) is 19.7. The Kier molecular flexibility index (Phi) is 6.02. The predicted molar refractivity (Wildman–Crippen MR) is 78.0 cm³/mol. The number of ether oxygens (including phenoxy) is 1. The van der Waals surface area contributed by atoms with E-state index in [0.717, 1.165) is 11.3 Å². The molecule has 4 nitrogen and oxygen atoms in total. The fourth-order valence-corrected chi connectivity index (χ4v) is 2.29. The Labute approximate surface area is 120 Å². The number of carboxylic acid groups (broad SMARTS) is 1. The maximum Gasteiger partial charge on any atom is 0.306 e. The number of carboxylic acids is 1. The number of carbonyl (C=O) groups is 1. The molecule has 0 heterocycles. The lowest BCUT2D eigenvalue weighted by Crippen LogP contribution is -2.33. The van der Waals surface area contributed by atoms with E-state index < -0.39 is 17.5 Å². The van der Waals surface area contributed by atoms with E-state index in [-0.39, 0.29) is 6.42 Å². The minimum Gasteiger partial charge on any atom is -0.497 e. The molecule has 0 saturated heterocycles. The molecule has 0 bridgehead atoms. The van der Waals surface area contributed by atoms with Crippen molar-refractivity contribution in [1.82, 2.24) is 0 Å². The average Bonchev–Trinajstić information content (AvgIpc) is 2.47. The van der Waals surface area contributed by atoms with Gasteiger partial charge >= 0.3 is 5.97 Å². The first kappa shape index (κ1) is 16.5. The van der Waals surface area contributed by atoms with Crippen LogP contribution in [-0.4, -0.2) is 28.9 Å². The lowest BCUT2D eigenvalue weighted by molar-refractivity contribution is -0.144. The van der Waals surface area contributed by atoms with Gasteiger partial charge in [-0.25, -0.2) is 0 Å². The molecule has 0 aliphatic carbocycles. The van der Waals surface area contributed by atoms with Gasteiger partial charge < -0.3 is 14.9 Å². The molecule has 1 rings (SSSR count). The van der Waals surface area contributed by atoms with Crippen LogP contribution in [0, 0.1) is 5.92 Å². The van der Waals surface area contributed by atoms with Crippen LogP contribution in [0.5, 0.6) is 5.75 Å². The predicted octanol–water partition coefficient (Wildman–Crippen LogP) is 2.88. The van der Waals surface area contributed by atoms with Crippen molar-refractivity contribution >= 4 is 5.97 Å². The van der Waals surface area contributed by atoms with Crippen LogP contribution in [0.3, 0.4) is 0 Å². The molecule has 0 aromatic heterocycles. The highest BCUT2D eigenvalue weighted by Gasteiger charge is 2.30. The molecular formula is C16H24O4. The summed E-state index contributed by atoms with van der Waals surface area (Å²) < 4.78 is 5.08. The number of aliphatic carboxylic acids is 1. The minimum atomic E-state index is -0.893. The van der Waals surface area contributed by atoms with Gasteiger partial charge in [0.05, 0.1) is 18.6 Å². The van der Waals surface area contributed by atoms with Crippen molar-refractivity contribution < 1.29 is 19.7 Å². The second-order valence-corrected chi connectivity index (χ2v) is 5.22. The van der Waals surface area contributed by atoms with Crippen LogP contribution >= 0.6 is 0 Å². The summed E-state index contributed by atoms with van der Waals surface area (Å²) in [5.74, 6) is -0.686. The van der Waals surface area contributed by atoms with E-state index >= 15 is 0 Å². The van der Waals surface area contributed by atoms with Crippen LogP contribution in [0.15, 0.2) is 24.3 Å². The fourth-order valence-electron chi connectivity index (χ4n) is 2.29. The molecule has 1 atom stereocenters. The van der Waals surface area contributed by atoms with Gasteiger partial charge in [-0.1, -0.05) is 26.0 Å². The van der Waals surface area contributed by atoms with Crippen LogP contribution in [0.1, 0.15) is 38.7 Å². The maximum atomic E-state index is 11.4. The van der Waals surface area contributed by atoms with Crippen molar-refractivity contribution in [2.24, 2.45) is 5.92 Å². The largest absolute Gasteiger partial charge is 0.497 e. The molecule has 1 aromatic rings. The van der Waals surface area contributed by atoms with E-state index in [4.69, 9.17) is 4.74 Å². The summed E-state index contributed by atoms with van der Waals surface area (Å²) in [6, 6.07) is 7.37. The zero-order chi connectivity index (χ0) is 15.2. The molecule has 0 spiro atoms. The molecular weight excluding hydrogens is 256 g/mol. The van der Waals surface area contributed by atoms with Crippen molar-refractivity contribution in [2.45, 2.75) is 45.1 Å². The average molecular weight is 280 g/mol. The summed E-state index contributed by atoms with van der Waals surface area (Å²) in [5.41, 5.74) is 0.0444. The van der Waals surface area contributed by atoms with Crippen molar-refractivity contribution in [2.75, 3.05) is 7.11 Å². The van der Waals surface area contributed by atoms with Crippen molar-refractivity contribution in [3.8, 4) is 5.75 Å². The molecule has 0 radical (unpaired) electrons. The topological polar surface area (TPSA) is 66.8 Å². The highest BCUT2D eigenvalue weighted by molar-refractivity contribution is 5.70. The molecule has 112 valence electrons. The molecule has 20 heavy (non-hydrogen) atoms. The van der Waals surface area contributed by atoms with Crippen molar-refractivity contribution in [1.29, 1.82) is 0 Å². The van der Waals surface area contributed by atoms with Crippen LogP contribution in [0.25, 0.3) is 0 Å². The zero-order valence-corrected chi connectivity index (χ0v) is 12.4. The zero-order valence-electron chi connectivity index (χ0n) is 12.4. The molecule has 0 amide bonds. The van der Waals surface area contributed by atoms with Crippen LogP contribution in [0.2, 0.25) is 0 Å². The van der Waals surface area contributed by atoms with Gasteiger partial charge in [-0.3, -0.25) is 4.79 Å². The molecule has 0 aliphatic rings. The Hall–Kier alpha value is -1.55. The van der Waals surface area contributed by atoms with Gasteiger partial charge in [0.15, 0.2) is 0 Å². The Morgan fingerprint density at radius 1 is 1.25 bits per heavy atom. The third-order valence-corrected chi connectivity index (χ3v) is 3.93. The number of methoxy groups -OCH3 is 1. The third-order valence-electron chi connectivity index (χ3n) is 3.93. The second-order valence-electron chi connectivity index (χ2n) is 5.22. The number of hydrogen-bond donors (Lipinski definition) is 2. The molecule has 1 unspecified atom stereocenters. The summed E-state index contributed by atoms with van der Waals surface area (Å²) >= 11 is 0. The first-order valence-electron chi connectivity index (χ1n) is 7.02. The number of aliphatic hydroxyl groups is 1. The highest BCUT2D eigenvalue weighted by atomic mass is 16.5. The molecule has 2 N–H and O–H groups in total. The quantitative estimate of drug-likeness (QED) is 0.768. The fraction of sp³-hybridized carbons (Fsp3) is 0.562. The van der Waals surface area contributed by atoms with Gasteiger partial charge in [-0.05, 0) is 43.4 Å². The van der Waals surface area contributed by atoms with E-state index in [2.05, 4.69) is 0 Å². The van der Waals surface area contributed by atoms with Gasteiger partial charge in [0.1, 0.15) is 5.75 Å². The summed E-state index contributed by atoms with van der Waals surface area (Å²) in [7, 11) is 1.59. The summed E-state index contributed by atoms with van der Waals surface area (Å²) in [6.45, 7) is 3.77.